The molecule has 2 unspecified atom stereocenters. The first-order valence-corrected chi connectivity index (χ1v) is 13.5. The highest BCUT2D eigenvalue weighted by molar-refractivity contribution is 6.52. The number of allylic oxidation sites excluding steroid dienone is 2. The lowest BCUT2D eigenvalue weighted by atomic mass is 9.85. The van der Waals surface area contributed by atoms with E-state index in [9.17, 15) is 23.6 Å². The Bertz CT molecular complexity index is 1500. The highest BCUT2D eigenvalue weighted by Gasteiger charge is 2.41. The van der Waals surface area contributed by atoms with E-state index in [0.717, 1.165) is 11.3 Å². The molecule has 2 atom stereocenters. The van der Waals surface area contributed by atoms with Crippen LogP contribution in [0.2, 0.25) is 0 Å². The quantitative estimate of drug-likeness (QED) is 0.304. The Balaban J connectivity index is 1.51. The van der Waals surface area contributed by atoms with E-state index in [1.165, 1.54) is 17.0 Å². The second-order valence-corrected chi connectivity index (χ2v) is 10.1. The molecule has 210 valence electrons. The number of halogens is 1. The molecule has 5 rings (SSSR count). The van der Waals surface area contributed by atoms with E-state index in [1.54, 1.807) is 67.8 Å². The highest BCUT2D eigenvalue weighted by Crippen LogP contribution is 2.31. The lowest BCUT2D eigenvalue weighted by molar-refractivity contribution is -0.140. The Morgan fingerprint density at radius 3 is 2.46 bits per heavy atom. The topological polar surface area (TPSA) is 96.0 Å². The van der Waals surface area contributed by atoms with Gasteiger partial charge in [-0.1, -0.05) is 42.5 Å². The van der Waals surface area contributed by atoms with Crippen molar-refractivity contribution in [3.8, 4) is 5.75 Å². The van der Waals surface area contributed by atoms with Gasteiger partial charge in [-0.05, 0) is 67.6 Å². The van der Waals surface area contributed by atoms with Gasteiger partial charge in [0.15, 0.2) is 0 Å². The van der Waals surface area contributed by atoms with Crippen molar-refractivity contribution in [2.45, 2.75) is 31.8 Å². The molecule has 0 saturated heterocycles. The summed E-state index contributed by atoms with van der Waals surface area (Å²) in [5.74, 6) is -2.65. The number of para-hydroxylation sites is 1. The molecule has 41 heavy (non-hydrogen) atoms. The molecule has 3 aromatic carbocycles. The number of rotatable bonds is 9. The highest BCUT2D eigenvalue weighted by atomic mass is 19.1. The predicted molar refractivity (Wildman–Crippen MR) is 152 cm³/mol. The van der Waals surface area contributed by atoms with Crippen molar-refractivity contribution in [3.63, 3.8) is 0 Å². The molecular formula is C32H30FN3O5. The number of Topliss-reactive ketones (excluding diaryl/α,β-unsaturated/α-hetero) is 1. The largest absolute Gasteiger partial charge is 0.497 e. The second kappa shape index (κ2) is 12.2. The van der Waals surface area contributed by atoms with Crippen LogP contribution in [0, 0.1) is 11.7 Å². The number of nitrogens with zero attached hydrogens (tertiary/aromatic N) is 2. The Labute approximate surface area is 237 Å². The number of ketones is 1. The zero-order valence-corrected chi connectivity index (χ0v) is 22.6. The van der Waals surface area contributed by atoms with Crippen LogP contribution in [0.15, 0.2) is 84.9 Å². The van der Waals surface area contributed by atoms with E-state index < -0.39 is 41.9 Å². The lowest BCUT2D eigenvalue weighted by Crippen LogP contribution is -2.54. The number of carbonyl (C=O) groups excluding carboxylic acids is 4. The number of anilines is 2. The van der Waals surface area contributed by atoms with Crippen LogP contribution >= 0.6 is 0 Å². The molecule has 0 bridgehead atoms. The molecule has 0 radical (unpaired) electrons. The molecular weight excluding hydrogens is 525 g/mol. The van der Waals surface area contributed by atoms with Crippen LogP contribution in [-0.2, 0) is 20.9 Å². The zero-order chi connectivity index (χ0) is 28.9. The Morgan fingerprint density at radius 2 is 1.76 bits per heavy atom. The van der Waals surface area contributed by atoms with Gasteiger partial charge in [-0.15, -0.1) is 0 Å². The van der Waals surface area contributed by atoms with Crippen LogP contribution in [0.1, 0.15) is 35.2 Å². The Morgan fingerprint density at radius 1 is 1.02 bits per heavy atom. The van der Waals surface area contributed by atoms with Gasteiger partial charge in [-0.2, -0.15) is 0 Å². The molecule has 8 nitrogen and oxygen atoms in total. The third-order valence-corrected chi connectivity index (χ3v) is 7.51. The molecule has 1 heterocycles. The molecule has 9 heteroatoms. The van der Waals surface area contributed by atoms with Crippen molar-refractivity contribution < 1.29 is 28.3 Å². The molecule has 0 fully saturated rings. The van der Waals surface area contributed by atoms with Crippen LogP contribution in [0.4, 0.5) is 15.8 Å². The van der Waals surface area contributed by atoms with Gasteiger partial charge in [0.05, 0.1) is 18.4 Å². The monoisotopic (exact) mass is 555 g/mol. The van der Waals surface area contributed by atoms with E-state index >= 15 is 0 Å². The van der Waals surface area contributed by atoms with Crippen LogP contribution in [0.25, 0.3) is 0 Å². The van der Waals surface area contributed by atoms with Gasteiger partial charge in [0.2, 0.25) is 11.8 Å². The number of fused-ring (bicyclic) bond motifs is 1. The summed E-state index contributed by atoms with van der Waals surface area (Å²) in [5.41, 5.74) is 1.30. The minimum Gasteiger partial charge on any atom is -0.497 e. The van der Waals surface area contributed by atoms with Gasteiger partial charge in [0, 0.05) is 17.8 Å². The number of hydrogen-bond acceptors (Lipinski definition) is 5. The van der Waals surface area contributed by atoms with Crippen molar-refractivity contribution in [3.05, 3.63) is 102 Å². The fourth-order valence-electron chi connectivity index (χ4n) is 5.39. The predicted octanol–water partition coefficient (Wildman–Crippen LogP) is 4.76. The number of carbonyl (C=O) groups is 4. The maximum Gasteiger partial charge on any atom is 0.299 e. The van der Waals surface area contributed by atoms with Gasteiger partial charge in [-0.25, -0.2) is 4.39 Å². The van der Waals surface area contributed by atoms with E-state index in [4.69, 9.17) is 4.74 Å². The Kier molecular flexibility index (Phi) is 8.24. The fraction of sp³-hybridized carbons (Fsp3) is 0.250. The Hall–Kier alpha value is -4.79. The van der Waals surface area contributed by atoms with Gasteiger partial charge in [0.25, 0.3) is 11.7 Å². The maximum absolute atomic E-state index is 14.9. The van der Waals surface area contributed by atoms with E-state index in [0.29, 0.717) is 30.0 Å². The van der Waals surface area contributed by atoms with Gasteiger partial charge >= 0.3 is 0 Å². The van der Waals surface area contributed by atoms with E-state index in [2.05, 4.69) is 5.32 Å². The molecule has 2 aliphatic rings. The second-order valence-electron chi connectivity index (χ2n) is 10.1. The maximum atomic E-state index is 14.9. The van der Waals surface area contributed by atoms with E-state index in [-0.39, 0.29) is 23.6 Å². The summed E-state index contributed by atoms with van der Waals surface area (Å²) in [6.45, 7) is -0.658. The number of benzene rings is 3. The summed E-state index contributed by atoms with van der Waals surface area (Å²) in [6.07, 6.45) is 5.93. The minimum absolute atomic E-state index is 0.190. The van der Waals surface area contributed by atoms with Crippen molar-refractivity contribution in [1.29, 1.82) is 0 Å². The van der Waals surface area contributed by atoms with Gasteiger partial charge < -0.3 is 15.0 Å². The molecule has 1 aliphatic carbocycles. The van der Waals surface area contributed by atoms with Crippen molar-refractivity contribution in [1.82, 2.24) is 4.90 Å². The summed E-state index contributed by atoms with van der Waals surface area (Å²) in [6, 6.07) is 18.4. The first-order valence-electron chi connectivity index (χ1n) is 13.5. The third-order valence-electron chi connectivity index (χ3n) is 7.51. The first-order chi connectivity index (χ1) is 19.9. The van der Waals surface area contributed by atoms with Crippen molar-refractivity contribution in [2.24, 2.45) is 5.92 Å². The molecule has 0 spiro atoms. The molecule has 1 N–H and O–H groups in total. The summed E-state index contributed by atoms with van der Waals surface area (Å²) >= 11 is 0. The average Bonchev–Trinajstić information content (AvgIpc) is 3.23. The fourth-order valence-corrected chi connectivity index (χ4v) is 5.39. The number of hydrogen-bond donors (Lipinski definition) is 1. The van der Waals surface area contributed by atoms with Crippen LogP contribution in [0.5, 0.6) is 5.75 Å². The van der Waals surface area contributed by atoms with E-state index in [1.807, 2.05) is 12.2 Å². The molecule has 0 saturated carbocycles. The summed E-state index contributed by atoms with van der Waals surface area (Å²) in [7, 11) is 1.55. The summed E-state index contributed by atoms with van der Waals surface area (Å²) in [4.78, 5) is 56.0. The smallest absolute Gasteiger partial charge is 0.299 e. The third kappa shape index (κ3) is 5.89. The standard InChI is InChI=1S/C32H30FN3O5/c1-41-24-17-15-23(16-18-24)34-31(39)29(21-9-3-2-4-10-21)36(19-22-11-5-7-13-26(22)33)28(37)20-35-27-14-8-6-12-25(27)30(38)32(35)40/h2-3,5-8,11-18,21,29H,4,9-10,19-20H2,1H3,(H,34,39). The molecule has 0 aromatic heterocycles. The number of amides is 3. The first kappa shape index (κ1) is 27.8. The van der Waals surface area contributed by atoms with Gasteiger partial charge in [0.1, 0.15) is 24.2 Å². The number of ether oxygens (including phenoxy) is 1. The minimum atomic E-state index is -0.974. The van der Waals surface area contributed by atoms with Gasteiger partial charge in [-0.3, -0.25) is 24.1 Å². The van der Waals surface area contributed by atoms with Crippen LogP contribution in [0.3, 0.4) is 0 Å². The summed E-state index contributed by atoms with van der Waals surface area (Å²) < 4.78 is 20.1. The SMILES string of the molecule is COc1ccc(NC(=O)C(C2CC=CCC2)N(Cc2ccccc2F)C(=O)CN2C(=O)C(=O)c3ccccc32)cc1. The molecule has 3 aromatic rings. The number of nitrogens with one attached hydrogen (secondary N) is 1. The summed E-state index contributed by atoms with van der Waals surface area (Å²) in [5, 5.41) is 2.91. The van der Waals surface area contributed by atoms with Crippen LogP contribution < -0.4 is 15.0 Å². The molecule has 1 aliphatic heterocycles. The van der Waals surface area contributed by atoms with Crippen LogP contribution in [-0.4, -0.2) is 48.1 Å². The van der Waals surface area contributed by atoms with Crippen molar-refractivity contribution >= 4 is 34.9 Å². The lowest BCUT2D eigenvalue weighted by Gasteiger charge is -2.37. The zero-order valence-electron chi connectivity index (χ0n) is 22.6. The molecule has 3 amide bonds. The number of methoxy groups -OCH3 is 1. The van der Waals surface area contributed by atoms with Crippen molar-refractivity contribution in [2.75, 3.05) is 23.9 Å². The average molecular weight is 556 g/mol. The normalized spacial score (nSPS) is 16.7.